The molecule has 1 aromatic rings. The molecule has 0 aliphatic carbocycles. The molecule has 2 rings (SSSR count). The second-order valence-electron chi connectivity index (χ2n) is 4.85. The van der Waals surface area contributed by atoms with Gasteiger partial charge in [-0.05, 0) is 49.5 Å². The van der Waals surface area contributed by atoms with E-state index >= 15 is 0 Å². The van der Waals surface area contributed by atoms with Gasteiger partial charge in [0.25, 0.3) is 5.91 Å². The Hall–Kier alpha value is -0.770. The van der Waals surface area contributed by atoms with Crippen LogP contribution in [0.1, 0.15) is 34.7 Å². The summed E-state index contributed by atoms with van der Waals surface area (Å²) in [6, 6.07) is 8.10. The number of carbonyl (C=O) groups is 1. The maximum absolute atomic E-state index is 11.7. The molecule has 1 saturated heterocycles. The van der Waals surface area contributed by atoms with Crippen molar-refractivity contribution in [1.82, 2.24) is 10.2 Å². The van der Waals surface area contributed by atoms with E-state index in [-0.39, 0.29) is 30.7 Å². The lowest BCUT2D eigenvalue weighted by Crippen LogP contribution is -2.26. The van der Waals surface area contributed by atoms with E-state index < -0.39 is 0 Å². The zero-order chi connectivity index (χ0) is 12.3. The molecule has 5 heteroatoms. The van der Waals surface area contributed by atoms with Crippen LogP contribution in [0.15, 0.2) is 24.3 Å². The maximum Gasteiger partial charge on any atom is 0.253 e. The van der Waals surface area contributed by atoms with Gasteiger partial charge in [-0.3, -0.25) is 4.79 Å². The fourth-order valence-corrected chi connectivity index (χ4v) is 2.31. The Morgan fingerprint density at radius 2 is 1.63 bits per heavy atom. The molecular formula is C14H22Cl2N2O. The number of piperidine rings is 1. The molecule has 0 unspecified atom stereocenters. The molecule has 3 nitrogen and oxygen atoms in total. The van der Waals surface area contributed by atoms with Crippen LogP contribution in [-0.2, 0) is 0 Å². The second kappa shape index (κ2) is 8.41. The molecule has 0 bridgehead atoms. The second-order valence-corrected chi connectivity index (χ2v) is 4.85. The number of amides is 1. The Balaban J connectivity index is 0.00000162. The highest BCUT2D eigenvalue weighted by molar-refractivity contribution is 5.93. The first-order valence-electron chi connectivity index (χ1n) is 6.21. The average Bonchev–Trinajstić information content (AvgIpc) is 2.39. The van der Waals surface area contributed by atoms with E-state index in [1.165, 1.54) is 18.4 Å². The van der Waals surface area contributed by atoms with E-state index in [0.717, 1.165) is 18.7 Å². The van der Waals surface area contributed by atoms with Crippen LogP contribution in [0.25, 0.3) is 0 Å². The SMILES string of the molecule is CN(C)C(=O)c1ccc(C2CCNCC2)cc1.Cl.Cl. The van der Waals surface area contributed by atoms with Crippen LogP contribution in [0, 0.1) is 0 Å². The van der Waals surface area contributed by atoms with Gasteiger partial charge in [0, 0.05) is 19.7 Å². The summed E-state index contributed by atoms with van der Waals surface area (Å²) in [6.07, 6.45) is 2.39. The quantitative estimate of drug-likeness (QED) is 0.911. The number of rotatable bonds is 2. The van der Waals surface area contributed by atoms with Crippen molar-refractivity contribution in [2.45, 2.75) is 18.8 Å². The highest BCUT2D eigenvalue weighted by Gasteiger charge is 2.15. The van der Waals surface area contributed by atoms with E-state index in [2.05, 4.69) is 17.4 Å². The molecule has 108 valence electrons. The summed E-state index contributed by atoms with van der Waals surface area (Å²) < 4.78 is 0. The average molecular weight is 305 g/mol. The van der Waals surface area contributed by atoms with Crippen molar-refractivity contribution in [3.8, 4) is 0 Å². The van der Waals surface area contributed by atoms with Gasteiger partial charge in [-0.1, -0.05) is 12.1 Å². The molecule has 1 N–H and O–H groups in total. The van der Waals surface area contributed by atoms with Gasteiger partial charge in [0.05, 0.1) is 0 Å². The van der Waals surface area contributed by atoms with Crippen LogP contribution < -0.4 is 5.32 Å². The molecular weight excluding hydrogens is 283 g/mol. The molecule has 19 heavy (non-hydrogen) atoms. The lowest BCUT2D eigenvalue weighted by Gasteiger charge is -2.23. The molecule has 1 aromatic carbocycles. The Kier molecular flexibility index (Phi) is 8.07. The molecule has 0 radical (unpaired) electrons. The molecule has 1 fully saturated rings. The number of nitrogens with zero attached hydrogens (tertiary/aromatic N) is 1. The van der Waals surface area contributed by atoms with E-state index in [0.29, 0.717) is 5.92 Å². The van der Waals surface area contributed by atoms with Crippen LogP contribution in [0.3, 0.4) is 0 Å². The number of hydrogen-bond donors (Lipinski definition) is 1. The zero-order valence-electron chi connectivity index (χ0n) is 11.4. The summed E-state index contributed by atoms with van der Waals surface area (Å²) in [6.45, 7) is 2.20. The molecule has 1 heterocycles. The first kappa shape index (κ1) is 18.2. The third-order valence-corrected chi connectivity index (χ3v) is 3.37. The van der Waals surface area contributed by atoms with Crippen molar-refractivity contribution in [2.75, 3.05) is 27.2 Å². The van der Waals surface area contributed by atoms with Crippen molar-refractivity contribution in [3.05, 3.63) is 35.4 Å². The molecule has 0 atom stereocenters. The summed E-state index contributed by atoms with van der Waals surface area (Å²) in [5.74, 6) is 0.724. The lowest BCUT2D eigenvalue weighted by molar-refractivity contribution is 0.0827. The smallest absolute Gasteiger partial charge is 0.253 e. The lowest BCUT2D eigenvalue weighted by atomic mass is 9.90. The minimum Gasteiger partial charge on any atom is -0.345 e. The summed E-state index contributed by atoms with van der Waals surface area (Å²) in [5.41, 5.74) is 2.13. The normalized spacial score (nSPS) is 15.1. The predicted molar refractivity (Wildman–Crippen MR) is 83.8 cm³/mol. The Bertz CT molecular complexity index is 387. The van der Waals surface area contributed by atoms with Gasteiger partial charge in [-0.2, -0.15) is 0 Å². The number of carbonyl (C=O) groups excluding carboxylic acids is 1. The first-order chi connectivity index (χ1) is 8.18. The molecule has 0 saturated carbocycles. The van der Waals surface area contributed by atoms with Crippen LogP contribution in [0.4, 0.5) is 0 Å². The number of benzene rings is 1. The van der Waals surface area contributed by atoms with Crippen molar-refractivity contribution in [2.24, 2.45) is 0 Å². The molecule has 0 aromatic heterocycles. The third-order valence-electron chi connectivity index (χ3n) is 3.37. The minimum atomic E-state index is 0. The predicted octanol–water partition coefficient (Wildman–Crippen LogP) is 2.70. The highest BCUT2D eigenvalue weighted by atomic mass is 35.5. The fourth-order valence-electron chi connectivity index (χ4n) is 2.31. The highest BCUT2D eigenvalue weighted by Crippen LogP contribution is 2.25. The van der Waals surface area contributed by atoms with E-state index in [1.807, 2.05) is 12.1 Å². The van der Waals surface area contributed by atoms with Gasteiger partial charge in [-0.25, -0.2) is 0 Å². The number of nitrogens with one attached hydrogen (secondary N) is 1. The topological polar surface area (TPSA) is 32.3 Å². The van der Waals surface area contributed by atoms with Crippen LogP contribution in [-0.4, -0.2) is 38.0 Å². The minimum absolute atomic E-state index is 0. The van der Waals surface area contributed by atoms with Crippen molar-refractivity contribution >= 4 is 30.7 Å². The Morgan fingerprint density at radius 1 is 1.11 bits per heavy atom. The number of halogens is 2. The maximum atomic E-state index is 11.7. The summed E-state index contributed by atoms with van der Waals surface area (Å²) in [4.78, 5) is 13.4. The van der Waals surface area contributed by atoms with Crippen molar-refractivity contribution in [1.29, 1.82) is 0 Å². The van der Waals surface area contributed by atoms with E-state index in [1.54, 1.807) is 19.0 Å². The number of hydrogen-bond acceptors (Lipinski definition) is 2. The third kappa shape index (κ3) is 4.68. The van der Waals surface area contributed by atoms with Gasteiger partial charge in [0.1, 0.15) is 0 Å². The summed E-state index contributed by atoms with van der Waals surface area (Å²) >= 11 is 0. The Morgan fingerprint density at radius 3 is 2.11 bits per heavy atom. The summed E-state index contributed by atoms with van der Waals surface area (Å²) in [7, 11) is 3.56. The molecule has 1 amide bonds. The van der Waals surface area contributed by atoms with Crippen LogP contribution >= 0.6 is 24.8 Å². The molecule has 1 aliphatic heterocycles. The van der Waals surface area contributed by atoms with E-state index in [4.69, 9.17) is 0 Å². The zero-order valence-corrected chi connectivity index (χ0v) is 13.0. The fraction of sp³-hybridized carbons (Fsp3) is 0.500. The van der Waals surface area contributed by atoms with Crippen molar-refractivity contribution < 1.29 is 4.79 Å². The van der Waals surface area contributed by atoms with Gasteiger partial charge < -0.3 is 10.2 Å². The molecule has 1 aliphatic rings. The van der Waals surface area contributed by atoms with Gasteiger partial charge in [-0.15, -0.1) is 24.8 Å². The largest absolute Gasteiger partial charge is 0.345 e. The van der Waals surface area contributed by atoms with Crippen LogP contribution in [0.5, 0.6) is 0 Å². The molecule has 0 spiro atoms. The monoisotopic (exact) mass is 304 g/mol. The van der Waals surface area contributed by atoms with Crippen molar-refractivity contribution in [3.63, 3.8) is 0 Å². The summed E-state index contributed by atoms with van der Waals surface area (Å²) in [5, 5.41) is 3.37. The van der Waals surface area contributed by atoms with Gasteiger partial charge in [0.15, 0.2) is 0 Å². The van der Waals surface area contributed by atoms with E-state index in [9.17, 15) is 4.79 Å². The Labute approximate surface area is 127 Å². The van der Waals surface area contributed by atoms with Crippen LogP contribution in [0.2, 0.25) is 0 Å². The van der Waals surface area contributed by atoms with Gasteiger partial charge in [0.2, 0.25) is 0 Å². The first-order valence-corrected chi connectivity index (χ1v) is 6.21. The van der Waals surface area contributed by atoms with Gasteiger partial charge >= 0.3 is 0 Å². The standard InChI is InChI=1S/C14H20N2O.2ClH/c1-16(2)14(17)13-5-3-11(4-6-13)12-7-9-15-10-8-12;;/h3-6,12,15H,7-10H2,1-2H3;2*1H.